The van der Waals surface area contributed by atoms with Crippen molar-refractivity contribution in [3.8, 4) is 0 Å². The zero-order valence-corrected chi connectivity index (χ0v) is 10.0. The summed E-state index contributed by atoms with van der Waals surface area (Å²) in [6.45, 7) is 3.53. The van der Waals surface area contributed by atoms with Gasteiger partial charge in [-0.2, -0.15) is 0 Å². The summed E-state index contributed by atoms with van der Waals surface area (Å²) in [6, 6.07) is 1.89. The molecule has 5 nitrogen and oxygen atoms in total. The van der Waals surface area contributed by atoms with Crippen molar-refractivity contribution in [1.82, 2.24) is 19.7 Å². The second kappa shape index (κ2) is 5.75. The molecule has 2 rings (SSSR count). The second-order valence-corrected chi connectivity index (χ2v) is 4.07. The van der Waals surface area contributed by atoms with Crippen LogP contribution < -0.4 is 5.32 Å². The lowest BCUT2D eigenvalue weighted by Crippen LogP contribution is -2.20. The molecule has 0 aliphatic heterocycles. The first-order valence-electron chi connectivity index (χ1n) is 5.97. The number of nitrogens with zero attached hydrogens (tertiary/aromatic N) is 3. The maximum absolute atomic E-state index is 9.42. The van der Waals surface area contributed by atoms with Gasteiger partial charge in [0.1, 0.15) is 0 Å². The summed E-state index contributed by atoms with van der Waals surface area (Å²) in [4.78, 5) is 8.37. The molecular formula is C12H18N4O. The summed E-state index contributed by atoms with van der Waals surface area (Å²) in [5, 5.41) is 12.7. The summed E-state index contributed by atoms with van der Waals surface area (Å²) in [7, 11) is 0. The number of hydrogen-bond acceptors (Lipinski definition) is 4. The van der Waals surface area contributed by atoms with Gasteiger partial charge in [-0.25, -0.2) is 9.97 Å². The minimum absolute atomic E-state index is 0.202. The van der Waals surface area contributed by atoms with Crippen molar-refractivity contribution >= 4 is 5.78 Å². The fraction of sp³-hybridized carbons (Fsp3) is 0.500. The van der Waals surface area contributed by atoms with Gasteiger partial charge >= 0.3 is 0 Å². The van der Waals surface area contributed by atoms with E-state index in [4.69, 9.17) is 0 Å². The molecule has 0 bridgehead atoms. The van der Waals surface area contributed by atoms with Gasteiger partial charge in [0.25, 0.3) is 0 Å². The second-order valence-electron chi connectivity index (χ2n) is 4.07. The summed E-state index contributed by atoms with van der Waals surface area (Å²) >= 11 is 0. The Balaban J connectivity index is 1.87. The van der Waals surface area contributed by atoms with Crippen molar-refractivity contribution in [2.45, 2.75) is 32.4 Å². The first kappa shape index (κ1) is 12.0. The molecule has 1 unspecified atom stereocenters. The standard InChI is InChI=1S/C12H18N4O/c1-2-11(17)4-6-13-8-10-9-15-12-14-5-3-7-16(10)12/h3,5,7,9,11,13,17H,2,4,6,8H2,1H3. The molecule has 0 aromatic carbocycles. The molecular weight excluding hydrogens is 216 g/mol. The number of aromatic nitrogens is 3. The maximum Gasteiger partial charge on any atom is 0.233 e. The van der Waals surface area contributed by atoms with Crippen LogP contribution in [0.5, 0.6) is 0 Å². The molecule has 2 heterocycles. The Morgan fingerprint density at radius 1 is 1.47 bits per heavy atom. The molecule has 92 valence electrons. The first-order valence-corrected chi connectivity index (χ1v) is 5.97. The van der Waals surface area contributed by atoms with Crippen molar-refractivity contribution in [2.75, 3.05) is 6.54 Å². The van der Waals surface area contributed by atoms with Crippen molar-refractivity contribution in [3.63, 3.8) is 0 Å². The van der Waals surface area contributed by atoms with E-state index in [9.17, 15) is 5.11 Å². The zero-order valence-electron chi connectivity index (χ0n) is 10.0. The minimum Gasteiger partial charge on any atom is -0.393 e. The highest BCUT2D eigenvalue weighted by molar-refractivity contribution is 5.30. The Hall–Kier alpha value is -1.46. The van der Waals surface area contributed by atoms with Gasteiger partial charge in [0.2, 0.25) is 5.78 Å². The van der Waals surface area contributed by atoms with Gasteiger partial charge in [-0.3, -0.25) is 4.40 Å². The lowest BCUT2D eigenvalue weighted by Gasteiger charge is -2.08. The van der Waals surface area contributed by atoms with E-state index >= 15 is 0 Å². The molecule has 2 N–H and O–H groups in total. The van der Waals surface area contributed by atoms with Gasteiger partial charge < -0.3 is 10.4 Å². The highest BCUT2D eigenvalue weighted by Crippen LogP contribution is 2.03. The number of rotatable bonds is 6. The Bertz CT molecular complexity index is 468. The van der Waals surface area contributed by atoms with Crippen LogP contribution in [0.1, 0.15) is 25.5 Å². The SMILES string of the molecule is CCC(O)CCNCc1cnc2ncccn12. The number of aliphatic hydroxyl groups excluding tert-OH is 1. The summed E-state index contributed by atoms with van der Waals surface area (Å²) in [5.74, 6) is 0.720. The smallest absolute Gasteiger partial charge is 0.233 e. The fourth-order valence-electron chi connectivity index (χ4n) is 1.70. The number of hydrogen-bond donors (Lipinski definition) is 2. The van der Waals surface area contributed by atoms with E-state index in [1.165, 1.54) is 0 Å². The first-order chi connectivity index (χ1) is 8.31. The Labute approximate surface area is 101 Å². The number of nitrogens with one attached hydrogen (secondary N) is 1. The Morgan fingerprint density at radius 2 is 2.35 bits per heavy atom. The molecule has 0 radical (unpaired) electrons. The number of fused-ring (bicyclic) bond motifs is 1. The molecule has 0 fully saturated rings. The van der Waals surface area contributed by atoms with Crippen LogP contribution >= 0.6 is 0 Å². The van der Waals surface area contributed by atoms with E-state index in [2.05, 4.69) is 15.3 Å². The fourth-order valence-corrected chi connectivity index (χ4v) is 1.70. The predicted octanol–water partition coefficient (Wildman–Crippen LogP) is 0.980. The van der Waals surface area contributed by atoms with Gasteiger partial charge in [-0.05, 0) is 25.5 Å². The van der Waals surface area contributed by atoms with Gasteiger partial charge in [-0.15, -0.1) is 0 Å². The topological polar surface area (TPSA) is 62.5 Å². The van der Waals surface area contributed by atoms with Crippen LogP contribution in [0.3, 0.4) is 0 Å². The van der Waals surface area contributed by atoms with Crippen molar-refractivity contribution in [1.29, 1.82) is 0 Å². The van der Waals surface area contributed by atoms with E-state index in [-0.39, 0.29) is 6.10 Å². The Morgan fingerprint density at radius 3 is 3.18 bits per heavy atom. The van der Waals surface area contributed by atoms with E-state index in [0.717, 1.165) is 37.4 Å². The molecule has 17 heavy (non-hydrogen) atoms. The van der Waals surface area contributed by atoms with E-state index < -0.39 is 0 Å². The third kappa shape index (κ3) is 3.01. The van der Waals surface area contributed by atoms with Crippen molar-refractivity contribution in [3.05, 3.63) is 30.4 Å². The average molecular weight is 234 g/mol. The van der Waals surface area contributed by atoms with Crippen LogP contribution in [0.25, 0.3) is 5.78 Å². The van der Waals surface area contributed by atoms with Crippen LogP contribution in [0.15, 0.2) is 24.7 Å². The van der Waals surface area contributed by atoms with E-state index in [1.54, 1.807) is 6.20 Å². The van der Waals surface area contributed by atoms with E-state index in [0.29, 0.717) is 0 Å². The molecule has 0 aliphatic carbocycles. The molecule has 0 aliphatic rings. The van der Waals surface area contributed by atoms with Gasteiger partial charge in [0.05, 0.1) is 18.0 Å². The third-order valence-corrected chi connectivity index (χ3v) is 2.80. The maximum atomic E-state index is 9.42. The normalized spacial score (nSPS) is 13.1. The van der Waals surface area contributed by atoms with E-state index in [1.807, 2.05) is 29.8 Å². The molecule has 0 amide bonds. The van der Waals surface area contributed by atoms with Crippen LogP contribution in [0.2, 0.25) is 0 Å². The van der Waals surface area contributed by atoms with Crippen molar-refractivity contribution in [2.24, 2.45) is 0 Å². The highest BCUT2D eigenvalue weighted by atomic mass is 16.3. The molecule has 1 atom stereocenters. The van der Waals surface area contributed by atoms with Gasteiger partial charge in [0.15, 0.2) is 0 Å². The van der Waals surface area contributed by atoms with Crippen LogP contribution in [-0.2, 0) is 6.54 Å². The quantitative estimate of drug-likeness (QED) is 0.731. The lowest BCUT2D eigenvalue weighted by atomic mass is 10.2. The van der Waals surface area contributed by atoms with Crippen molar-refractivity contribution < 1.29 is 5.11 Å². The average Bonchev–Trinajstić information content (AvgIpc) is 2.78. The minimum atomic E-state index is -0.202. The molecule has 0 saturated heterocycles. The predicted molar refractivity (Wildman–Crippen MR) is 65.6 cm³/mol. The van der Waals surface area contributed by atoms with Gasteiger partial charge in [0, 0.05) is 18.9 Å². The lowest BCUT2D eigenvalue weighted by molar-refractivity contribution is 0.159. The third-order valence-electron chi connectivity index (χ3n) is 2.80. The van der Waals surface area contributed by atoms with Crippen LogP contribution in [-0.4, -0.2) is 32.1 Å². The summed E-state index contributed by atoms with van der Waals surface area (Å²) in [5.41, 5.74) is 1.08. The van der Waals surface area contributed by atoms with Crippen LogP contribution in [0.4, 0.5) is 0 Å². The summed E-state index contributed by atoms with van der Waals surface area (Å²) in [6.07, 6.45) is 6.90. The number of imidazole rings is 1. The molecule has 2 aromatic heterocycles. The van der Waals surface area contributed by atoms with Crippen LogP contribution in [0, 0.1) is 0 Å². The number of aliphatic hydroxyl groups is 1. The Kier molecular flexibility index (Phi) is 4.06. The highest BCUT2D eigenvalue weighted by Gasteiger charge is 2.03. The molecule has 5 heteroatoms. The molecule has 0 saturated carbocycles. The zero-order chi connectivity index (χ0) is 12.1. The van der Waals surface area contributed by atoms with Gasteiger partial charge in [-0.1, -0.05) is 6.92 Å². The molecule has 2 aromatic rings. The molecule has 0 spiro atoms. The largest absolute Gasteiger partial charge is 0.393 e. The monoisotopic (exact) mass is 234 g/mol. The summed E-state index contributed by atoms with van der Waals surface area (Å²) < 4.78 is 1.96.